The molecule has 2 aromatic rings. The highest BCUT2D eigenvalue weighted by atomic mass is 31.2. The Bertz CT molecular complexity index is 1010. The summed E-state index contributed by atoms with van der Waals surface area (Å²) in [7, 11) is -4.87. The molecule has 0 radical (unpaired) electrons. The average molecular weight is 428 g/mol. The third-order valence-corrected chi connectivity index (χ3v) is 6.92. The summed E-state index contributed by atoms with van der Waals surface area (Å²) in [5.41, 5.74) is 8.05. The van der Waals surface area contributed by atoms with Crippen LogP contribution < -0.4 is 11.1 Å². The van der Waals surface area contributed by atoms with Gasteiger partial charge in [-0.3, -0.25) is 9.36 Å². The van der Waals surface area contributed by atoms with E-state index < -0.39 is 37.4 Å². The van der Waals surface area contributed by atoms with Gasteiger partial charge in [-0.1, -0.05) is 43.3 Å². The molecular formula is C19H20F3N2O4P. The Labute approximate surface area is 165 Å². The van der Waals surface area contributed by atoms with E-state index in [0.29, 0.717) is 16.7 Å². The maximum absolute atomic E-state index is 12.6. The van der Waals surface area contributed by atoms with Gasteiger partial charge in [0.25, 0.3) is 5.91 Å². The largest absolute Gasteiger partial charge is 0.405 e. The van der Waals surface area contributed by atoms with E-state index >= 15 is 0 Å². The van der Waals surface area contributed by atoms with Gasteiger partial charge in [-0.2, -0.15) is 13.2 Å². The van der Waals surface area contributed by atoms with E-state index in [0.717, 1.165) is 0 Å². The standard InChI is InChI=1S/C19H20F3N2O4P/c1-2-18(23,29(26,27)28)16-13-7-4-3-6-11(13)12-8-5-9-14(15(12)16)17(25)24-10-19(20,21)22/h3-9,16H,2,10,23H2,1H3,(H,24,25)(H2,26,27,28). The maximum atomic E-state index is 12.6. The summed E-state index contributed by atoms with van der Waals surface area (Å²) in [6, 6.07) is 11.3. The molecule has 2 atom stereocenters. The monoisotopic (exact) mass is 428 g/mol. The van der Waals surface area contributed by atoms with E-state index in [9.17, 15) is 32.3 Å². The molecule has 2 unspecified atom stereocenters. The first-order valence-corrected chi connectivity index (χ1v) is 10.4. The summed E-state index contributed by atoms with van der Waals surface area (Å²) in [6.07, 6.45) is -4.71. The number of alkyl halides is 3. The van der Waals surface area contributed by atoms with Crippen LogP contribution >= 0.6 is 7.60 Å². The number of carbonyl (C=O) groups is 1. The molecule has 0 fully saturated rings. The van der Waals surface area contributed by atoms with Gasteiger partial charge in [0.15, 0.2) is 0 Å². The first-order chi connectivity index (χ1) is 13.4. The zero-order chi connectivity index (χ0) is 21.6. The Morgan fingerprint density at radius 2 is 1.76 bits per heavy atom. The lowest BCUT2D eigenvalue weighted by atomic mass is 9.85. The van der Waals surface area contributed by atoms with Crippen LogP contribution in [-0.2, 0) is 4.57 Å². The van der Waals surface area contributed by atoms with Crippen molar-refractivity contribution < 1.29 is 32.3 Å². The van der Waals surface area contributed by atoms with Crippen molar-refractivity contribution in [2.24, 2.45) is 5.73 Å². The molecule has 0 bridgehead atoms. The van der Waals surface area contributed by atoms with Gasteiger partial charge in [-0.15, -0.1) is 0 Å². The summed E-state index contributed by atoms with van der Waals surface area (Å²) in [6.45, 7) is -0.000805. The SMILES string of the molecule is CCC(N)(C1c2ccccc2-c2cccc(C(=O)NCC(F)(F)F)c21)P(=O)(O)O. The summed E-state index contributed by atoms with van der Waals surface area (Å²) in [5.74, 6) is -2.05. The van der Waals surface area contributed by atoms with E-state index in [2.05, 4.69) is 0 Å². The number of hydrogen-bond donors (Lipinski definition) is 4. The fraction of sp³-hybridized carbons (Fsp3) is 0.316. The van der Waals surface area contributed by atoms with Crippen LogP contribution in [0.5, 0.6) is 0 Å². The number of amides is 1. The van der Waals surface area contributed by atoms with Crippen LogP contribution in [0, 0.1) is 0 Å². The highest BCUT2D eigenvalue weighted by molar-refractivity contribution is 7.53. The molecule has 0 heterocycles. The minimum Gasteiger partial charge on any atom is -0.343 e. The smallest absolute Gasteiger partial charge is 0.343 e. The second kappa shape index (κ2) is 7.25. The second-order valence-corrected chi connectivity index (χ2v) is 8.89. The van der Waals surface area contributed by atoms with E-state index in [1.54, 1.807) is 30.3 Å². The van der Waals surface area contributed by atoms with Gasteiger partial charge in [-0.05, 0) is 34.7 Å². The van der Waals surface area contributed by atoms with Gasteiger partial charge < -0.3 is 20.8 Å². The van der Waals surface area contributed by atoms with Crippen LogP contribution in [0.25, 0.3) is 11.1 Å². The predicted octanol–water partition coefficient (Wildman–Crippen LogP) is 3.33. The lowest BCUT2D eigenvalue weighted by molar-refractivity contribution is -0.123. The Balaban J connectivity index is 2.22. The van der Waals surface area contributed by atoms with Gasteiger partial charge >= 0.3 is 13.8 Å². The highest BCUT2D eigenvalue weighted by Gasteiger charge is 2.53. The Morgan fingerprint density at radius 3 is 2.34 bits per heavy atom. The lowest BCUT2D eigenvalue weighted by Gasteiger charge is -2.36. The van der Waals surface area contributed by atoms with Gasteiger partial charge in [0, 0.05) is 11.5 Å². The Morgan fingerprint density at radius 1 is 1.14 bits per heavy atom. The Kier molecular flexibility index (Phi) is 5.38. The molecule has 5 N–H and O–H groups in total. The topological polar surface area (TPSA) is 113 Å². The molecule has 6 nitrogen and oxygen atoms in total. The molecule has 0 saturated carbocycles. The molecule has 1 aliphatic rings. The Hall–Kier alpha value is -2.19. The van der Waals surface area contributed by atoms with Gasteiger partial charge in [0.2, 0.25) is 0 Å². The summed E-state index contributed by atoms with van der Waals surface area (Å²) in [5, 5.41) is -0.208. The van der Waals surface area contributed by atoms with Crippen LogP contribution in [0.15, 0.2) is 42.5 Å². The number of hydrogen-bond acceptors (Lipinski definition) is 3. The van der Waals surface area contributed by atoms with Crippen LogP contribution in [0.3, 0.4) is 0 Å². The second-order valence-electron chi connectivity index (χ2n) is 6.97. The van der Waals surface area contributed by atoms with Crippen molar-refractivity contribution in [2.75, 3.05) is 6.54 Å². The number of rotatable bonds is 5. The number of halogens is 3. The number of nitrogens with two attached hydrogens (primary N) is 1. The number of benzene rings is 2. The molecule has 0 saturated heterocycles. The predicted molar refractivity (Wildman–Crippen MR) is 101 cm³/mol. The molecule has 29 heavy (non-hydrogen) atoms. The average Bonchev–Trinajstić information content (AvgIpc) is 2.99. The van der Waals surface area contributed by atoms with Crippen molar-refractivity contribution in [3.8, 4) is 11.1 Å². The zero-order valence-corrected chi connectivity index (χ0v) is 16.3. The normalized spacial score (nSPS) is 18.0. The molecule has 10 heteroatoms. The minimum absolute atomic E-state index is 0.0929. The van der Waals surface area contributed by atoms with E-state index in [1.807, 2.05) is 5.32 Å². The molecule has 0 spiro atoms. The van der Waals surface area contributed by atoms with Crippen LogP contribution in [-0.4, -0.2) is 33.7 Å². The number of nitrogens with one attached hydrogen (secondary N) is 1. The van der Waals surface area contributed by atoms with E-state index in [-0.39, 0.29) is 17.5 Å². The third-order valence-electron chi connectivity index (χ3n) is 5.26. The summed E-state index contributed by atoms with van der Waals surface area (Å²) < 4.78 is 50.0. The van der Waals surface area contributed by atoms with E-state index in [4.69, 9.17) is 5.73 Å². The lowest BCUT2D eigenvalue weighted by Crippen LogP contribution is -2.45. The summed E-state index contributed by atoms with van der Waals surface area (Å²) >= 11 is 0. The first kappa shape index (κ1) is 21.5. The van der Waals surface area contributed by atoms with Crippen LogP contribution in [0.4, 0.5) is 13.2 Å². The van der Waals surface area contributed by atoms with Crippen molar-refractivity contribution in [1.29, 1.82) is 0 Å². The molecule has 2 aromatic carbocycles. The highest BCUT2D eigenvalue weighted by Crippen LogP contribution is 2.62. The molecule has 156 valence electrons. The third kappa shape index (κ3) is 3.71. The molecule has 0 aromatic heterocycles. The van der Waals surface area contributed by atoms with Crippen molar-refractivity contribution >= 4 is 13.5 Å². The molecular weight excluding hydrogens is 408 g/mol. The fourth-order valence-electron chi connectivity index (χ4n) is 3.83. The fourth-order valence-corrected chi connectivity index (χ4v) is 4.85. The molecule has 3 rings (SSSR count). The van der Waals surface area contributed by atoms with Gasteiger partial charge in [0.05, 0.1) is 0 Å². The zero-order valence-electron chi connectivity index (χ0n) is 15.4. The quantitative estimate of drug-likeness (QED) is 0.546. The molecule has 1 amide bonds. The minimum atomic E-state index is -4.87. The van der Waals surface area contributed by atoms with Crippen LogP contribution in [0.1, 0.15) is 40.7 Å². The van der Waals surface area contributed by atoms with E-state index in [1.165, 1.54) is 19.1 Å². The van der Waals surface area contributed by atoms with Gasteiger partial charge in [0.1, 0.15) is 11.8 Å². The number of fused-ring (bicyclic) bond motifs is 3. The van der Waals surface area contributed by atoms with Crippen LogP contribution in [0.2, 0.25) is 0 Å². The van der Waals surface area contributed by atoms with Crippen molar-refractivity contribution in [3.63, 3.8) is 0 Å². The van der Waals surface area contributed by atoms with Crippen molar-refractivity contribution in [1.82, 2.24) is 5.32 Å². The summed E-state index contributed by atoms with van der Waals surface area (Å²) in [4.78, 5) is 32.6. The first-order valence-electron chi connectivity index (χ1n) is 8.82. The van der Waals surface area contributed by atoms with Gasteiger partial charge in [-0.25, -0.2) is 0 Å². The molecule has 0 aliphatic heterocycles. The van der Waals surface area contributed by atoms with Crippen molar-refractivity contribution in [2.45, 2.75) is 30.7 Å². The molecule has 1 aliphatic carbocycles. The maximum Gasteiger partial charge on any atom is 0.405 e. The van der Waals surface area contributed by atoms with Crippen molar-refractivity contribution in [3.05, 3.63) is 59.2 Å². The number of carbonyl (C=O) groups excluding carboxylic acids is 1.